The Morgan fingerprint density at radius 2 is 2.06 bits per heavy atom. The summed E-state index contributed by atoms with van der Waals surface area (Å²) in [4.78, 5) is 47.8. The second-order valence-corrected chi connectivity index (χ2v) is 10.7. The number of nitrogens with one attached hydrogen (secondary N) is 1. The average Bonchev–Trinajstić information content (AvgIpc) is 3.54. The first kappa shape index (κ1) is 21.5. The molecule has 1 aliphatic carbocycles. The van der Waals surface area contributed by atoms with E-state index in [1.165, 1.54) is 28.5 Å². The maximum atomic E-state index is 12.8. The van der Waals surface area contributed by atoms with Crippen molar-refractivity contribution in [2.45, 2.75) is 31.9 Å². The molecule has 1 aliphatic heterocycles. The van der Waals surface area contributed by atoms with Crippen molar-refractivity contribution in [2.75, 3.05) is 36.8 Å². The lowest BCUT2D eigenvalue weighted by atomic mass is 10.2. The minimum Gasteiger partial charge on any atom is -0.353 e. The smallest absolute Gasteiger partial charge is 0.259 e. The summed E-state index contributed by atoms with van der Waals surface area (Å²) in [5, 5.41) is 5.06. The van der Waals surface area contributed by atoms with Crippen molar-refractivity contribution in [3.8, 4) is 0 Å². The standard InChI is InChI=1S/C22H24N8O2S2/c1-13-9-17(30-22(25-13)23-12-24-30)28-5-7-29(8-6-28)18(31)11-33-10-16-26-20(32)19-14-3-2-4-15(14)34-21(19)27-16/h9,12H,2-8,10-11H2,1H3,(H,26,27,32). The number of amides is 1. The maximum Gasteiger partial charge on any atom is 0.259 e. The molecule has 1 N–H and O–H groups in total. The van der Waals surface area contributed by atoms with Gasteiger partial charge in [0.25, 0.3) is 11.3 Å². The molecule has 0 saturated carbocycles. The maximum absolute atomic E-state index is 12.8. The van der Waals surface area contributed by atoms with Crippen molar-refractivity contribution in [1.82, 2.24) is 34.4 Å². The van der Waals surface area contributed by atoms with E-state index in [0.717, 1.165) is 54.1 Å². The molecule has 5 heterocycles. The largest absolute Gasteiger partial charge is 0.353 e. The number of piperazine rings is 1. The zero-order chi connectivity index (χ0) is 23.2. The van der Waals surface area contributed by atoms with Crippen LogP contribution in [0.15, 0.2) is 17.2 Å². The Morgan fingerprint density at radius 3 is 2.91 bits per heavy atom. The van der Waals surface area contributed by atoms with Crippen LogP contribution in [0.5, 0.6) is 0 Å². The lowest BCUT2D eigenvalue weighted by Crippen LogP contribution is -2.49. The summed E-state index contributed by atoms with van der Waals surface area (Å²) in [5.74, 6) is 3.17. The van der Waals surface area contributed by atoms with Gasteiger partial charge < -0.3 is 14.8 Å². The number of fused-ring (bicyclic) bond motifs is 4. The second kappa shape index (κ2) is 8.66. The molecule has 12 heteroatoms. The van der Waals surface area contributed by atoms with Gasteiger partial charge in [-0.25, -0.2) is 9.97 Å². The van der Waals surface area contributed by atoms with E-state index in [0.29, 0.717) is 36.2 Å². The monoisotopic (exact) mass is 496 g/mol. The fourth-order valence-electron chi connectivity index (χ4n) is 4.76. The number of aromatic nitrogens is 6. The van der Waals surface area contributed by atoms with Crippen LogP contribution < -0.4 is 10.5 Å². The molecule has 34 heavy (non-hydrogen) atoms. The summed E-state index contributed by atoms with van der Waals surface area (Å²) in [5.41, 5.74) is 2.03. The van der Waals surface area contributed by atoms with Crippen LogP contribution >= 0.6 is 23.1 Å². The normalized spacial score (nSPS) is 16.0. The van der Waals surface area contributed by atoms with Gasteiger partial charge >= 0.3 is 0 Å². The number of thiophene rings is 1. The Labute approximate surface area is 203 Å². The summed E-state index contributed by atoms with van der Waals surface area (Å²) >= 11 is 3.14. The number of thioether (sulfide) groups is 1. The number of hydrogen-bond donors (Lipinski definition) is 1. The number of H-pyrrole nitrogens is 1. The molecule has 0 radical (unpaired) electrons. The molecule has 0 spiro atoms. The number of rotatable bonds is 5. The molecule has 176 valence electrons. The van der Waals surface area contributed by atoms with Crippen LogP contribution in [0.2, 0.25) is 0 Å². The van der Waals surface area contributed by atoms with E-state index >= 15 is 0 Å². The van der Waals surface area contributed by atoms with Gasteiger partial charge in [0.05, 0.1) is 16.9 Å². The average molecular weight is 497 g/mol. The Kier molecular flexibility index (Phi) is 5.48. The number of carbonyl (C=O) groups is 1. The molecular formula is C22H24N8O2S2. The van der Waals surface area contributed by atoms with Gasteiger partial charge in [-0.15, -0.1) is 23.1 Å². The molecule has 6 rings (SSSR count). The molecule has 4 aromatic rings. The summed E-state index contributed by atoms with van der Waals surface area (Å²) in [6, 6.07) is 2.00. The minimum absolute atomic E-state index is 0.0460. The van der Waals surface area contributed by atoms with Crippen LogP contribution in [0.4, 0.5) is 5.82 Å². The van der Waals surface area contributed by atoms with Gasteiger partial charge in [-0.3, -0.25) is 9.59 Å². The minimum atomic E-state index is -0.0460. The predicted molar refractivity (Wildman–Crippen MR) is 133 cm³/mol. The van der Waals surface area contributed by atoms with Crippen LogP contribution in [0.25, 0.3) is 16.0 Å². The highest BCUT2D eigenvalue weighted by Gasteiger charge is 2.24. The van der Waals surface area contributed by atoms with Gasteiger partial charge in [0.2, 0.25) is 5.91 Å². The van der Waals surface area contributed by atoms with Crippen molar-refractivity contribution in [3.63, 3.8) is 0 Å². The predicted octanol–water partition coefficient (Wildman–Crippen LogP) is 1.80. The van der Waals surface area contributed by atoms with Gasteiger partial charge in [-0.2, -0.15) is 14.6 Å². The van der Waals surface area contributed by atoms with Gasteiger partial charge in [0.15, 0.2) is 0 Å². The molecule has 0 aromatic carbocycles. The molecule has 4 aromatic heterocycles. The molecule has 2 aliphatic rings. The van der Waals surface area contributed by atoms with Crippen molar-refractivity contribution in [3.05, 3.63) is 44.7 Å². The van der Waals surface area contributed by atoms with Gasteiger partial charge in [0, 0.05) is 42.8 Å². The third kappa shape index (κ3) is 3.84. The first-order valence-electron chi connectivity index (χ1n) is 11.4. The summed E-state index contributed by atoms with van der Waals surface area (Å²) < 4.78 is 1.74. The molecule has 1 fully saturated rings. The molecule has 0 atom stereocenters. The van der Waals surface area contributed by atoms with E-state index < -0.39 is 0 Å². The van der Waals surface area contributed by atoms with Crippen molar-refractivity contribution >= 4 is 50.8 Å². The first-order valence-corrected chi connectivity index (χ1v) is 13.4. The molecule has 10 nitrogen and oxygen atoms in total. The molecule has 0 bridgehead atoms. The van der Waals surface area contributed by atoms with Crippen LogP contribution in [-0.2, 0) is 23.4 Å². The Hall–Kier alpha value is -2.99. The zero-order valence-corrected chi connectivity index (χ0v) is 20.4. The van der Waals surface area contributed by atoms with Crippen LogP contribution in [0.3, 0.4) is 0 Å². The van der Waals surface area contributed by atoms with E-state index in [9.17, 15) is 9.59 Å². The van der Waals surface area contributed by atoms with Crippen molar-refractivity contribution in [2.24, 2.45) is 0 Å². The number of nitrogens with zero attached hydrogens (tertiary/aromatic N) is 7. The lowest BCUT2D eigenvalue weighted by molar-refractivity contribution is -0.128. The zero-order valence-electron chi connectivity index (χ0n) is 18.8. The molecular weight excluding hydrogens is 472 g/mol. The third-order valence-corrected chi connectivity index (χ3v) is 8.52. The highest BCUT2D eigenvalue weighted by atomic mass is 32.2. The topological polar surface area (TPSA) is 112 Å². The van der Waals surface area contributed by atoms with Gasteiger partial charge in [0.1, 0.15) is 22.8 Å². The summed E-state index contributed by atoms with van der Waals surface area (Å²) in [6.45, 7) is 4.70. The highest BCUT2D eigenvalue weighted by Crippen LogP contribution is 2.34. The van der Waals surface area contributed by atoms with Crippen LogP contribution in [0, 0.1) is 6.92 Å². The van der Waals surface area contributed by atoms with Crippen molar-refractivity contribution in [1.29, 1.82) is 0 Å². The number of anilines is 1. The number of carbonyl (C=O) groups excluding carboxylic acids is 1. The fourth-order valence-corrected chi connectivity index (χ4v) is 6.83. The number of hydrogen-bond acceptors (Lipinski definition) is 9. The first-order chi connectivity index (χ1) is 16.6. The van der Waals surface area contributed by atoms with Crippen molar-refractivity contribution < 1.29 is 4.79 Å². The van der Waals surface area contributed by atoms with Gasteiger partial charge in [-0.05, 0) is 31.7 Å². The van der Waals surface area contributed by atoms with Gasteiger partial charge in [-0.1, -0.05) is 0 Å². The lowest BCUT2D eigenvalue weighted by Gasteiger charge is -2.36. The van der Waals surface area contributed by atoms with E-state index in [2.05, 4.69) is 29.9 Å². The number of aryl methyl sites for hydroxylation is 3. The highest BCUT2D eigenvalue weighted by molar-refractivity contribution is 7.99. The Balaban J connectivity index is 1.05. The second-order valence-electron chi connectivity index (χ2n) is 8.64. The fraction of sp³-hybridized carbons (Fsp3) is 0.455. The SMILES string of the molecule is Cc1cc(N2CCN(C(=O)CSCc3nc4sc5c(c4c(=O)[nH]3)CCC5)CC2)n2ncnc2n1. The van der Waals surface area contributed by atoms with E-state index in [1.807, 2.05) is 17.9 Å². The molecule has 0 unspecified atom stereocenters. The summed E-state index contributed by atoms with van der Waals surface area (Å²) in [7, 11) is 0. The Morgan fingerprint density at radius 1 is 1.21 bits per heavy atom. The molecule has 1 saturated heterocycles. The summed E-state index contributed by atoms with van der Waals surface area (Å²) in [6.07, 6.45) is 4.65. The number of aromatic amines is 1. The van der Waals surface area contributed by atoms with E-state index in [-0.39, 0.29) is 11.5 Å². The molecule has 1 amide bonds. The van der Waals surface area contributed by atoms with E-state index in [1.54, 1.807) is 15.9 Å². The van der Waals surface area contributed by atoms with Crippen LogP contribution in [-0.4, -0.2) is 72.3 Å². The Bertz CT molecular complexity index is 1450. The quantitative estimate of drug-likeness (QED) is 0.445. The van der Waals surface area contributed by atoms with Crippen LogP contribution in [0.1, 0.15) is 28.4 Å². The van der Waals surface area contributed by atoms with E-state index in [4.69, 9.17) is 0 Å². The third-order valence-electron chi connectivity index (χ3n) is 6.41.